The van der Waals surface area contributed by atoms with Gasteiger partial charge in [-0.1, -0.05) is 6.07 Å². The average molecular weight is 454 g/mol. The van der Waals surface area contributed by atoms with E-state index in [1.165, 1.54) is 11.3 Å². The van der Waals surface area contributed by atoms with Gasteiger partial charge in [-0.2, -0.15) is 0 Å². The van der Waals surface area contributed by atoms with Crippen molar-refractivity contribution in [1.82, 2.24) is 16.0 Å². The number of amides is 1. The first kappa shape index (κ1) is 22.1. The van der Waals surface area contributed by atoms with E-state index >= 15 is 0 Å². The minimum atomic E-state index is -0.0132. The van der Waals surface area contributed by atoms with E-state index in [2.05, 4.69) is 20.9 Å². The zero-order chi connectivity index (χ0) is 16.0. The largest absolute Gasteiger partial charge is 0.380 e. The van der Waals surface area contributed by atoms with E-state index in [9.17, 15) is 4.79 Å². The average Bonchev–Trinajstić information content (AvgIpc) is 3.05. The topological polar surface area (TPSA) is 74.8 Å². The lowest BCUT2D eigenvalue weighted by Crippen LogP contribution is -2.39. The molecular weight excluding hydrogens is 427 g/mol. The van der Waals surface area contributed by atoms with E-state index in [0.29, 0.717) is 19.7 Å². The maximum atomic E-state index is 11.7. The zero-order valence-electron chi connectivity index (χ0n) is 13.8. The molecule has 1 amide bonds. The molecule has 1 aromatic heterocycles. The lowest BCUT2D eigenvalue weighted by Gasteiger charge is -2.11. The van der Waals surface area contributed by atoms with E-state index in [1.807, 2.05) is 31.4 Å². The number of carbonyl (C=O) groups is 1. The number of aliphatic imine (C=N–C) groups is 1. The molecule has 3 N–H and O–H groups in total. The Morgan fingerprint density at radius 3 is 2.74 bits per heavy atom. The monoisotopic (exact) mass is 454 g/mol. The Morgan fingerprint density at radius 1 is 1.26 bits per heavy atom. The van der Waals surface area contributed by atoms with Gasteiger partial charge in [0.1, 0.15) is 0 Å². The number of hydrogen-bond acceptors (Lipinski definition) is 4. The fourth-order valence-electron chi connectivity index (χ4n) is 1.69. The first-order valence-electron chi connectivity index (χ1n) is 7.69. The Balaban J connectivity index is 0.00000484. The van der Waals surface area contributed by atoms with Crippen LogP contribution in [0.1, 0.15) is 29.9 Å². The molecule has 0 spiro atoms. The summed E-state index contributed by atoms with van der Waals surface area (Å²) in [5.74, 6) is 0.771. The number of carbonyl (C=O) groups excluding carboxylic acids is 1. The Labute approximate surface area is 159 Å². The third kappa shape index (κ3) is 10.5. The fourth-order valence-corrected chi connectivity index (χ4v) is 2.33. The first-order valence-corrected chi connectivity index (χ1v) is 8.57. The third-order valence-electron chi connectivity index (χ3n) is 2.72. The third-order valence-corrected chi connectivity index (χ3v) is 3.59. The molecule has 8 heteroatoms. The van der Waals surface area contributed by atoms with Crippen molar-refractivity contribution in [2.45, 2.75) is 20.3 Å². The van der Waals surface area contributed by atoms with E-state index in [0.717, 1.165) is 37.0 Å². The number of guanidine groups is 1. The van der Waals surface area contributed by atoms with Crippen molar-refractivity contribution in [3.05, 3.63) is 22.4 Å². The van der Waals surface area contributed by atoms with Crippen LogP contribution >= 0.6 is 35.3 Å². The number of ether oxygens (including phenoxy) is 1. The molecule has 23 heavy (non-hydrogen) atoms. The molecule has 0 aliphatic heterocycles. The van der Waals surface area contributed by atoms with Crippen LogP contribution in [-0.2, 0) is 4.74 Å². The van der Waals surface area contributed by atoms with Crippen LogP contribution < -0.4 is 16.0 Å². The standard InChI is InChI=1S/C15H26N4O2S.HI/c1-3-16-15(19-10-11-21-4-2)18-9-6-8-17-14(20)13-7-5-12-22-13;/h5,7,12H,3-4,6,8-11H2,1-2H3,(H,17,20)(H2,16,18,19);1H. The molecule has 0 aliphatic rings. The highest BCUT2D eigenvalue weighted by Crippen LogP contribution is 2.07. The van der Waals surface area contributed by atoms with Crippen LogP contribution in [0, 0.1) is 0 Å². The van der Waals surface area contributed by atoms with Gasteiger partial charge in [0.2, 0.25) is 0 Å². The number of rotatable bonds is 10. The van der Waals surface area contributed by atoms with E-state index in [-0.39, 0.29) is 29.9 Å². The van der Waals surface area contributed by atoms with Crippen LogP contribution in [0.2, 0.25) is 0 Å². The molecule has 1 rings (SSSR count). The minimum Gasteiger partial charge on any atom is -0.380 e. The zero-order valence-corrected chi connectivity index (χ0v) is 16.9. The Morgan fingerprint density at radius 2 is 2.09 bits per heavy atom. The molecular formula is C15H27IN4O2S. The summed E-state index contributed by atoms with van der Waals surface area (Å²) in [4.78, 5) is 16.9. The number of halogens is 1. The highest BCUT2D eigenvalue weighted by atomic mass is 127. The molecule has 0 saturated carbocycles. The van der Waals surface area contributed by atoms with Gasteiger partial charge in [-0.05, 0) is 31.7 Å². The molecule has 0 radical (unpaired) electrons. The Kier molecular flexibility index (Phi) is 14.1. The molecule has 0 aromatic carbocycles. The van der Waals surface area contributed by atoms with E-state index in [1.54, 1.807) is 0 Å². The van der Waals surface area contributed by atoms with Gasteiger partial charge in [-0.25, -0.2) is 0 Å². The lowest BCUT2D eigenvalue weighted by molar-refractivity contribution is 0.0957. The van der Waals surface area contributed by atoms with Crippen molar-refractivity contribution in [1.29, 1.82) is 0 Å². The van der Waals surface area contributed by atoms with Crippen LogP contribution in [-0.4, -0.2) is 51.3 Å². The van der Waals surface area contributed by atoms with Crippen molar-refractivity contribution in [3.63, 3.8) is 0 Å². The molecule has 0 fully saturated rings. The molecule has 0 aliphatic carbocycles. The molecule has 132 valence electrons. The number of thiophene rings is 1. The van der Waals surface area contributed by atoms with Gasteiger partial charge in [0, 0.05) is 32.8 Å². The Bertz CT molecular complexity index is 441. The molecule has 0 atom stereocenters. The smallest absolute Gasteiger partial charge is 0.261 e. The highest BCUT2D eigenvalue weighted by Gasteiger charge is 2.04. The van der Waals surface area contributed by atoms with Gasteiger partial charge >= 0.3 is 0 Å². The first-order chi connectivity index (χ1) is 10.8. The second kappa shape index (κ2) is 14.7. The summed E-state index contributed by atoms with van der Waals surface area (Å²) in [6.07, 6.45) is 0.805. The second-order valence-corrected chi connectivity index (χ2v) is 5.42. The highest BCUT2D eigenvalue weighted by molar-refractivity contribution is 14.0. The normalized spacial score (nSPS) is 10.8. The predicted octanol–water partition coefficient (Wildman–Crippen LogP) is 2.08. The summed E-state index contributed by atoms with van der Waals surface area (Å²) < 4.78 is 5.28. The van der Waals surface area contributed by atoms with Gasteiger partial charge in [-0.15, -0.1) is 35.3 Å². The van der Waals surface area contributed by atoms with Crippen molar-refractivity contribution < 1.29 is 9.53 Å². The van der Waals surface area contributed by atoms with Gasteiger partial charge in [0.05, 0.1) is 11.5 Å². The lowest BCUT2D eigenvalue weighted by atomic mass is 10.4. The molecule has 0 bridgehead atoms. The number of nitrogens with one attached hydrogen (secondary N) is 3. The molecule has 6 nitrogen and oxygen atoms in total. The number of hydrogen-bond donors (Lipinski definition) is 3. The van der Waals surface area contributed by atoms with Crippen molar-refractivity contribution >= 4 is 47.2 Å². The van der Waals surface area contributed by atoms with E-state index in [4.69, 9.17) is 4.74 Å². The quantitative estimate of drug-likeness (QED) is 0.219. The maximum Gasteiger partial charge on any atom is 0.261 e. The van der Waals surface area contributed by atoms with Crippen LogP contribution in [0.3, 0.4) is 0 Å². The van der Waals surface area contributed by atoms with Gasteiger partial charge in [-0.3, -0.25) is 9.79 Å². The SMILES string of the molecule is CCNC(=NCCCNC(=O)c1cccs1)NCCOCC.I. The van der Waals surface area contributed by atoms with Gasteiger partial charge < -0.3 is 20.7 Å². The summed E-state index contributed by atoms with van der Waals surface area (Å²) in [7, 11) is 0. The maximum absolute atomic E-state index is 11.7. The Hall–Kier alpha value is -0.870. The van der Waals surface area contributed by atoms with Crippen LogP contribution in [0.15, 0.2) is 22.5 Å². The van der Waals surface area contributed by atoms with Gasteiger partial charge in [0.15, 0.2) is 5.96 Å². The summed E-state index contributed by atoms with van der Waals surface area (Å²) >= 11 is 1.45. The van der Waals surface area contributed by atoms with E-state index < -0.39 is 0 Å². The number of nitrogens with zero attached hydrogens (tertiary/aromatic N) is 1. The molecule has 0 saturated heterocycles. The molecule has 1 heterocycles. The summed E-state index contributed by atoms with van der Waals surface area (Å²) in [5, 5.41) is 11.2. The summed E-state index contributed by atoms with van der Waals surface area (Å²) in [6, 6.07) is 3.70. The molecule has 1 aromatic rings. The van der Waals surface area contributed by atoms with Crippen molar-refractivity contribution in [3.8, 4) is 0 Å². The predicted molar refractivity (Wildman–Crippen MR) is 107 cm³/mol. The van der Waals surface area contributed by atoms with Crippen LogP contribution in [0.25, 0.3) is 0 Å². The fraction of sp³-hybridized carbons (Fsp3) is 0.600. The molecule has 0 unspecified atom stereocenters. The van der Waals surface area contributed by atoms with Crippen molar-refractivity contribution in [2.75, 3.05) is 39.4 Å². The van der Waals surface area contributed by atoms with Gasteiger partial charge in [0.25, 0.3) is 5.91 Å². The minimum absolute atomic E-state index is 0. The summed E-state index contributed by atoms with van der Waals surface area (Å²) in [5.41, 5.74) is 0. The van der Waals surface area contributed by atoms with Crippen LogP contribution in [0.4, 0.5) is 0 Å². The summed E-state index contributed by atoms with van der Waals surface area (Å²) in [6.45, 7) is 8.22. The van der Waals surface area contributed by atoms with Crippen molar-refractivity contribution in [2.24, 2.45) is 4.99 Å². The van der Waals surface area contributed by atoms with Crippen LogP contribution in [0.5, 0.6) is 0 Å². The second-order valence-electron chi connectivity index (χ2n) is 4.47.